The number of nitrogens with zero attached hydrogens (tertiary/aromatic N) is 8. The van der Waals surface area contributed by atoms with E-state index in [9.17, 15) is 19.2 Å². The van der Waals surface area contributed by atoms with Gasteiger partial charge in [0.15, 0.2) is 26.2 Å². The topological polar surface area (TPSA) is 248 Å². The van der Waals surface area contributed by atoms with Gasteiger partial charge in [-0.05, 0) is 51.4 Å². The van der Waals surface area contributed by atoms with Crippen LogP contribution in [0.2, 0.25) is 0 Å². The van der Waals surface area contributed by atoms with Crippen molar-refractivity contribution in [2.75, 3.05) is 26.2 Å². The van der Waals surface area contributed by atoms with Gasteiger partial charge in [-0.1, -0.05) is 0 Å². The fourth-order valence-corrected chi connectivity index (χ4v) is 3.45. The monoisotopic (exact) mass is 512 g/mol. The predicted octanol–water partition coefficient (Wildman–Crippen LogP) is 2.74. The zero-order chi connectivity index (χ0) is 26.8. The smallest absolute Gasteiger partial charge is 0.327 e. The van der Waals surface area contributed by atoms with Crippen LogP contribution >= 0.6 is 0 Å². The van der Waals surface area contributed by atoms with Crippen LogP contribution in [0.4, 0.5) is 0 Å². The highest BCUT2D eigenvalue weighted by Crippen LogP contribution is 2.24. The van der Waals surface area contributed by atoms with Crippen molar-refractivity contribution in [2.24, 2.45) is 40.9 Å². The third-order valence-electron chi connectivity index (χ3n) is 5.14. The lowest BCUT2D eigenvalue weighted by Crippen LogP contribution is -2.19. The Hall–Kier alpha value is -3.72. The molecule has 0 aromatic carbocycles. The Kier molecular flexibility index (Phi) is 14.9. The van der Waals surface area contributed by atoms with Crippen molar-refractivity contribution in [1.29, 1.82) is 0 Å². The SMILES string of the molecule is O=C(O)CN=NC1CCC(N=NCC(=O)O)CCC(N=NCC(=O)O)CCC(N=NCC(=O)O)CC1. The van der Waals surface area contributed by atoms with Crippen LogP contribution in [0.5, 0.6) is 0 Å². The van der Waals surface area contributed by atoms with Crippen molar-refractivity contribution in [2.45, 2.75) is 75.5 Å². The van der Waals surface area contributed by atoms with Crippen molar-refractivity contribution in [1.82, 2.24) is 0 Å². The molecular weight excluding hydrogens is 480 g/mol. The molecule has 16 nitrogen and oxygen atoms in total. The Morgan fingerprint density at radius 2 is 0.583 bits per heavy atom. The Balaban J connectivity index is 3.07. The lowest BCUT2D eigenvalue weighted by molar-refractivity contribution is -0.136. The first-order valence-corrected chi connectivity index (χ1v) is 11.5. The molecule has 0 unspecified atom stereocenters. The van der Waals surface area contributed by atoms with Crippen LogP contribution in [-0.4, -0.2) is 94.6 Å². The van der Waals surface area contributed by atoms with E-state index in [1.54, 1.807) is 0 Å². The van der Waals surface area contributed by atoms with Gasteiger partial charge in [0.05, 0.1) is 24.2 Å². The normalized spacial score (nSPS) is 24.7. The highest BCUT2D eigenvalue weighted by Gasteiger charge is 2.21. The maximum absolute atomic E-state index is 10.8. The number of carbonyl (C=O) groups is 4. The number of aliphatic carboxylic acids is 4. The molecule has 4 N–H and O–H groups in total. The number of rotatable bonds is 12. The van der Waals surface area contributed by atoms with E-state index in [2.05, 4.69) is 40.9 Å². The summed E-state index contributed by atoms with van der Waals surface area (Å²) in [5, 5.41) is 66.7. The third kappa shape index (κ3) is 16.0. The number of azo groups is 4. The second-order valence-electron chi connectivity index (χ2n) is 8.16. The van der Waals surface area contributed by atoms with Crippen molar-refractivity contribution in [3.8, 4) is 0 Å². The van der Waals surface area contributed by atoms with Crippen LogP contribution in [-0.2, 0) is 19.2 Å². The fraction of sp³-hybridized carbons (Fsp3) is 0.800. The molecule has 0 saturated heterocycles. The summed E-state index contributed by atoms with van der Waals surface area (Å²) in [6, 6.07) is -1.37. The van der Waals surface area contributed by atoms with Crippen LogP contribution in [0.15, 0.2) is 40.9 Å². The van der Waals surface area contributed by atoms with Gasteiger partial charge in [-0.3, -0.25) is 19.2 Å². The van der Waals surface area contributed by atoms with Gasteiger partial charge in [-0.15, -0.1) is 0 Å². The number of carboxylic acids is 4. The van der Waals surface area contributed by atoms with Gasteiger partial charge in [0.2, 0.25) is 0 Å². The van der Waals surface area contributed by atoms with Gasteiger partial charge in [-0.2, -0.15) is 40.9 Å². The van der Waals surface area contributed by atoms with Crippen LogP contribution in [0.1, 0.15) is 51.4 Å². The minimum Gasteiger partial charge on any atom is -0.480 e. The molecule has 1 rings (SSSR count). The zero-order valence-corrected chi connectivity index (χ0v) is 19.8. The quantitative estimate of drug-likeness (QED) is 0.282. The van der Waals surface area contributed by atoms with E-state index in [1.807, 2.05) is 0 Å². The largest absolute Gasteiger partial charge is 0.480 e. The minimum absolute atomic E-state index is 0.343. The zero-order valence-electron chi connectivity index (χ0n) is 19.8. The molecule has 0 spiro atoms. The molecule has 1 aliphatic rings. The van der Waals surface area contributed by atoms with Gasteiger partial charge in [0, 0.05) is 0 Å². The summed E-state index contributed by atoms with van der Waals surface area (Å²) in [5.41, 5.74) is 0. The maximum Gasteiger partial charge on any atom is 0.327 e. The van der Waals surface area contributed by atoms with Crippen LogP contribution in [0.3, 0.4) is 0 Å². The van der Waals surface area contributed by atoms with Crippen LogP contribution in [0.25, 0.3) is 0 Å². The van der Waals surface area contributed by atoms with Gasteiger partial charge < -0.3 is 20.4 Å². The molecule has 0 atom stereocenters. The Bertz CT molecular complexity index is 696. The Morgan fingerprint density at radius 1 is 0.417 bits per heavy atom. The lowest BCUT2D eigenvalue weighted by Gasteiger charge is -2.21. The van der Waals surface area contributed by atoms with Gasteiger partial charge in [0.25, 0.3) is 0 Å². The molecule has 36 heavy (non-hydrogen) atoms. The van der Waals surface area contributed by atoms with Gasteiger partial charge >= 0.3 is 23.9 Å². The summed E-state index contributed by atoms with van der Waals surface area (Å²) in [6.07, 6.45) is 3.81. The molecular formula is C20H32N8O8. The summed E-state index contributed by atoms with van der Waals surface area (Å²) in [5.74, 6) is -4.46. The van der Waals surface area contributed by atoms with Crippen molar-refractivity contribution in [3.05, 3.63) is 0 Å². The molecule has 1 aliphatic carbocycles. The van der Waals surface area contributed by atoms with Crippen molar-refractivity contribution >= 4 is 23.9 Å². The van der Waals surface area contributed by atoms with E-state index >= 15 is 0 Å². The lowest BCUT2D eigenvalue weighted by atomic mass is 9.92. The van der Waals surface area contributed by atoms with Crippen molar-refractivity contribution < 1.29 is 39.6 Å². The van der Waals surface area contributed by atoms with Gasteiger partial charge in [-0.25, -0.2) is 0 Å². The molecule has 0 bridgehead atoms. The average Bonchev–Trinajstić information content (AvgIpc) is 2.78. The second kappa shape index (κ2) is 17.7. The molecule has 200 valence electrons. The fourth-order valence-electron chi connectivity index (χ4n) is 3.45. The van der Waals surface area contributed by atoms with Crippen LogP contribution < -0.4 is 0 Å². The number of hydrogen-bond acceptors (Lipinski definition) is 12. The molecule has 1 fully saturated rings. The first-order chi connectivity index (χ1) is 17.2. The summed E-state index contributed by atoms with van der Waals surface area (Å²) in [4.78, 5) is 43.2. The molecule has 0 amide bonds. The van der Waals surface area contributed by atoms with E-state index < -0.39 is 50.1 Å². The summed E-state index contributed by atoms with van der Waals surface area (Å²) < 4.78 is 0. The van der Waals surface area contributed by atoms with E-state index in [0.29, 0.717) is 51.4 Å². The molecule has 0 aromatic heterocycles. The first kappa shape index (κ1) is 30.3. The molecule has 0 aromatic rings. The second-order valence-corrected chi connectivity index (χ2v) is 8.16. The first-order valence-electron chi connectivity index (χ1n) is 11.5. The summed E-state index contributed by atoms with van der Waals surface area (Å²) >= 11 is 0. The molecule has 0 heterocycles. The molecule has 0 radical (unpaired) electrons. The summed E-state index contributed by atoms with van der Waals surface area (Å²) in [7, 11) is 0. The number of carboxylic acid groups (broad SMARTS) is 4. The molecule has 0 aliphatic heterocycles. The highest BCUT2D eigenvalue weighted by molar-refractivity contribution is 5.69. The maximum atomic E-state index is 10.8. The highest BCUT2D eigenvalue weighted by atomic mass is 16.4. The van der Waals surface area contributed by atoms with E-state index in [1.165, 1.54) is 0 Å². The number of hydrogen-bond donors (Lipinski definition) is 4. The van der Waals surface area contributed by atoms with Crippen molar-refractivity contribution in [3.63, 3.8) is 0 Å². The van der Waals surface area contributed by atoms with Gasteiger partial charge in [0.1, 0.15) is 0 Å². The third-order valence-corrected chi connectivity index (χ3v) is 5.14. The van der Waals surface area contributed by atoms with E-state index in [4.69, 9.17) is 20.4 Å². The standard InChI is InChI=1S/C20H32N8O8/c29-17(30)9-21-25-13-1-2-14(26-22-10-18(31)32)5-6-16(28-24-12-20(35)36)8-7-15(4-3-13)27-23-11-19(33)34/h13-16H,1-12H2,(H,29,30)(H,31,32)(H,33,34)(H,35,36). The molecule has 1 saturated carbocycles. The average molecular weight is 513 g/mol. The summed E-state index contributed by atoms with van der Waals surface area (Å²) in [6.45, 7) is -1.88. The van der Waals surface area contributed by atoms with E-state index in [-0.39, 0.29) is 24.2 Å². The minimum atomic E-state index is -1.12. The predicted molar refractivity (Wildman–Crippen MR) is 122 cm³/mol. The Morgan fingerprint density at radius 3 is 0.722 bits per heavy atom. The van der Waals surface area contributed by atoms with E-state index in [0.717, 1.165) is 0 Å². The van der Waals surface area contributed by atoms with Crippen LogP contribution in [0, 0.1) is 0 Å². The molecule has 16 heteroatoms. The Labute approximate surface area is 206 Å².